The van der Waals surface area contributed by atoms with Gasteiger partial charge in [-0.1, -0.05) is 18.5 Å². The SMILES string of the molecule is CCc1ccc(C(c2ccc(Cl)s2)N2CCNCC2)s1. The maximum absolute atomic E-state index is 6.15. The van der Waals surface area contributed by atoms with Crippen molar-refractivity contribution in [2.24, 2.45) is 0 Å². The minimum Gasteiger partial charge on any atom is -0.314 e. The fourth-order valence-corrected chi connectivity index (χ4v) is 5.04. The highest BCUT2D eigenvalue weighted by Gasteiger charge is 2.26. The third-order valence-corrected chi connectivity index (χ3v) is 6.25. The third-order valence-electron chi connectivity index (χ3n) is 3.68. The molecule has 1 saturated heterocycles. The molecule has 2 aromatic rings. The Hall–Kier alpha value is -0.390. The lowest BCUT2D eigenvalue weighted by molar-refractivity contribution is 0.203. The normalized spacial score (nSPS) is 18.3. The lowest BCUT2D eigenvalue weighted by Crippen LogP contribution is -2.45. The molecule has 5 heteroatoms. The van der Waals surface area contributed by atoms with E-state index in [-0.39, 0.29) is 0 Å². The standard InChI is InChI=1S/C15H19ClN2S2/c1-2-11-3-4-12(19-11)15(13-5-6-14(16)20-13)18-9-7-17-8-10-18/h3-6,15,17H,2,7-10H2,1H3. The zero-order chi connectivity index (χ0) is 13.9. The third kappa shape index (κ3) is 3.10. The molecule has 1 aliphatic rings. The van der Waals surface area contributed by atoms with Crippen LogP contribution >= 0.6 is 34.3 Å². The van der Waals surface area contributed by atoms with Gasteiger partial charge in [0, 0.05) is 40.8 Å². The van der Waals surface area contributed by atoms with Gasteiger partial charge in [-0.25, -0.2) is 0 Å². The topological polar surface area (TPSA) is 15.3 Å². The number of halogens is 1. The van der Waals surface area contributed by atoms with E-state index < -0.39 is 0 Å². The van der Waals surface area contributed by atoms with E-state index in [0.29, 0.717) is 6.04 Å². The summed E-state index contributed by atoms with van der Waals surface area (Å²) in [5, 5.41) is 3.43. The van der Waals surface area contributed by atoms with Crippen molar-refractivity contribution in [1.82, 2.24) is 10.2 Å². The molecule has 1 N–H and O–H groups in total. The van der Waals surface area contributed by atoms with Gasteiger partial charge >= 0.3 is 0 Å². The van der Waals surface area contributed by atoms with Gasteiger partial charge < -0.3 is 5.32 Å². The Bertz CT molecular complexity index is 558. The van der Waals surface area contributed by atoms with Crippen LogP contribution in [-0.2, 0) is 6.42 Å². The maximum atomic E-state index is 6.15. The molecule has 1 unspecified atom stereocenters. The van der Waals surface area contributed by atoms with Gasteiger partial charge in [-0.3, -0.25) is 4.90 Å². The molecule has 20 heavy (non-hydrogen) atoms. The molecule has 1 aliphatic heterocycles. The summed E-state index contributed by atoms with van der Waals surface area (Å²) < 4.78 is 0.882. The van der Waals surface area contributed by atoms with Crippen molar-refractivity contribution in [3.8, 4) is 0 Å². The van der Waals surface area contributed by atoms with Crippen LogP contribution in [0.2, 0.25) is 4.34 Å². The van der Waals surface area contributed by atoms with E-state index in [9.17, 15) is 0 Å². The molecule has 0 bridgehead atoms. The average molecular weight is 327 g/mol. The Morgan fingerprint density at radius 1 is 1.15 bits per heavy atom. The summed E-state index contributed by atoms with van der Waals surface area (Å²) in [4.78, 5) is 6.84. The molecule has 3 heterocycles. The van der Waals surface area contributed by atoms with Gasteiger partial charge in [0.2, 0.25) is 0 Å². The molecule has 1 fully saturated rings. The van der Waals surface area contributed by atoms with Crippen LogP contribution in [-0.4, -0.2) is 31.1 Å². The van der Waals surface area contributed by atoms with Gasteiger partial charge in [0.25, 0.3) is 0 Å². The first-order valence-electron chi connectivity index (χ1n) is 7.06. The zero-order valence-electron chi connectivity index (χ0n) is 11.6. The monoisotopic (exact) mass is 326 g/mol. The van der Waals surface area contributed by atoms with E-state index in [1.165, 1.54) is 14.6 Å². The molecule has 0 aromatic carbocycles. The van der Waals surface area contributed by atoms with Gasteiger partial charge in [0.05, 0.1) is 10.4 Å². The molecule has 0 aliphatic carbocycles. The predicted molar refractivity (Wildman–Crippen MR) is 89.3 cm³/mol. The minimum atomic E-state index is 0.375. The number of hydrogen-bond acceptors (Lipinski definition) is 4. The summed E-state index contributed by atoms with van der Waals surface area (Å²) in [7, 11) is 0. The summed E-state index contributed by atoms with van der Waals surface area (Å²) in [6, 6.07) is 9.14. The number of rotatable bonds is 4. The van der Waals surface area contributed by atoms with E-state index in [1.54, 1.807) is 11.3 Å². The number of nitrogens with zero attached hydrogens (tertiary/aromatic N) is 1. The van der Waals surface area contributed by atoms with Gasteiger partial charge in [0.15, 0.2) is 0 Å². The second kappa shape index (κ2) is 6.58. The number of nitrogens with one attached hydrogen (secondary N) is 1. The van der Waals surface area contributed by atoms with Gasteiger partial charge in [-0.2, -0.15) is 0 Å². The van der Waals surface area contributed by atoms with Gasteiger partial charge in [-0.15, -0.1) is 22.7 Å². The first-order valence-corrected chi connectivity index (χ1v) is 9.07. The van der Waals surface area contributed by atoms with Crippen molar-refractivity contribution >= 4 is 34.3 Å². The van der Waals surface area contributed by atoms with E-state index >= 15 is 0 Å². The lowest BCUT2D eigenvalue weighted by Gasteiger charge is -2.34. The summed E-state index contributed by atoms with van der Waals surface area (Å²) in [6.45, 7) is 6.56. The molecule has 2 aromatic heterocycles. The predicted octanol–water partition coefficient (Wildman–Crippen LogP) is 4.02. The minimum absolute atomic E-state index is 0.375. The highest BCUT2D eigenvalue weighted by atomic mass is 35.5. The average Bonchev–Trinajstić information content (AvgIpc) is 3.10. The summed E-state index contributed by atoms with van der Waals surface area (Å²) in [5.41, 5.74) is 0. The Morgan fingerprint density at radius 3 is 2.45 bits per heavy atom. The van der Waals surface area contributed by atoms with Crippen LogP contribution in [0.25, 0.3) is 0 Å². The maximum Gasteiger partial charge on any atom is 0.0931 e. The van der Waals surface area contributed by atoms with Crippen LogP contribution < -0.4 is 5.32 Å². The lowest BCUT2D eigenvalue weighted by atomic mass is 10.1. The molecule has 2 nitrogen and oxygen atoms in total. The molecule has 0 amide bonds. The molecule has 108 valence electrons. The van der Waals surface area contributed by atoms with Crippen molar-refractivity contribution in [1.29, 1.82) is 0 Å². The van der Waals surface area contributed by atoms with E-state index in [0.717, 1.165) is 36.9 Å². The van der Waals surface area contributed by atoms with Crippen LogP contribution in [0.15, 0.2) is 24.3 Å². The quantitative estimate of drug-likeness (QED) is 0.913. The van der Waals surface area contributed by atoms with Crippen molar-refractivity contribution in [2.75, 3.05) is 26.2 Å². The highest BCUT2D eigenvalue weighted by Crippen LogP contribution is 2.38. The van der Waals surface area contributed by atoms with Gasteiger partial charge in [-0.05, 0) is 30.7 Å². The summed E-state index contributed by atoms with van der Waals surface area (Å²) in [5.74, 6) is 0. The van der Waals surface area contributed by atoms with Crippen molar-refractivity contribution in [3.63, 3.8) is 0 Å². The Balaban J connectivity index is 1.93. The number of hydrogen-bond donors (Lipinski definition) is 1. The van der Waals surface area contributed by atoms with Crippen LogP contribution in [0.1, 0.15) is 27.6 Å². The molecule has 3 rings (SSSR count). The Kier molecular flexibility index (Phi) is 4.79. The zero-order valence-corrected chi connectivity index (χ0v) is 14.0. The molecule has 0 spiro atoms. The first kappa shape index (κ1) is 14.5. The summed E-state index contributed by atoms with van der Waals surface area (Å²) >= 11 is 9.81. The molecule has 1 atom stereocenters. The van der Waals surface area contributed by atoms with E-state index in [2.05, 4.69) is 35.3 Å². The van der Waals surface area contributed by atoms with Crippen LogP contribution in [0.4, 0.5) is 0 Å². The van der Waals surface area contributed by atoms with Gasteiger partial charge in [0.1, 0.15) is 0 Å². The number of aryl methyl sites for hydroxylation is 1. The second-order valence-electron chi connectivity index (χ2n) is 4.99. The molecule has 0 radical (unpaired) electrons. The Morgan fingerprint density at radius 2 is 1.85 bits per heavy atom. The smallest absolute Gasteiger partial charge is 0.0931 e. The fourth-order valence-electron chi connectivity index (χ4n) is 2.65. The highest BCUT2D eigenvalue weighted by molar-refractivity contribution is 7.16. The molecular weight excluding hydrogens is 308 g/mol. The van der Waals surface area contributed by atoms with E-state index in [1.807, 2.05) is 17.4 Å². The number of thiophene rings is 2. The van der Waals surface area contributed by atoms with E-state index in [4.69, 9.17) is 11.6 Å². The molecular formula is C15H19ClN2S2. The van der Waals surface area contributed by atoms with Crippen molar-refractivity contribution in [3.05, 3.63) is 43.2 Å². The summed E-state index contributed by atoms with van der Waals surface area (Å²) in [6.07, 6.45) is 1.12. The van der Waals surface area contributed by atoms with Crippen LogP contribution in [0.3, 0.4) is 0 Å². The number of piperazine rings is 1. The fraction of sp³-hybridized carbons (Fsp3) is 0.467. The molecule has 0 saturated carbocycles. The largest absolute Gasteiger partial charge is 0.314 e. The van der Waals surface area contributed by atoms with Crippen molar-refractivity contribution in [2.45, 2.75) is 19.4 Å². The van der Waals surface area contributed by atoms with Crippen molar-refractivity contribution < 1.29 is 0 Å². The first-order chi connectivity index (χ1) is 9.78. The Labute approximate surface area is 133 Å². The second-order valence-corrected chi connectivity index (χ2v) is 7.93. The van der Waals surface area contributed by atoms with Crippen LogP contribution in [0, 0.1) is 0 Å². The van der Waals surface area contributed by atoms with Crippen LogP contribution in [0.5, 0.6) is 0 Å².